The SMILES string of the molecule is O=C(CCl)Cc1ccc2c(c1NC(=O)c1cccc(C(F)(F)F)c1)C(=O)c1ccccc1C2=O. The molecule has 1 amide bonds. The van der Waals surface area contributed by atoms with Crippen molar-refractivity contribution in [2.45, 2.75) is 12.6 Å². The average Bonchev–Trinajstić information content (AvgIpc) is 2.82. The molecule has 0 atom stereocenters. The maximum absolute atomic E-state index is 13.3. The highest BCUT2D eigenvalue weighted by atomic mass is 35.5. The second kappa shape index (κ2) is 8.87. The Morgan fingerprint density at radius 3 is 2.18 bits per heavy atom. The Morgan fingerprint density at radius 1 is 0.853 bits per heavy atom. The molecule has 1 aliphatic rings. The first kappa shape index (κ1) is 23.4. The highest BCUT2D eigenvalue weighted by molar-refractivity contribution is 6.31. The van der Waals surface area contributed by atoms with E-state index in [1.807, 2.05) is 0 Å². The van der Waals surface area contributed by atoms with Crippen molar-refractivity contribution >= 4 is 40.5 Å². The minimum atomic E-state index is -4.66. The zero-order valence-corrected chi connectivity index (χ0v) is 18.1. The van der Waals surface area contributed by atoms with Gasteiger partial charge in [0.15, 0.2) is 17.3 Å². The van der Waals surface area contributed by atoms with Crippen molar-refractivity contribution in [3.63, 3.8) is 0 Å². The Labute approximate surface area is 196 Å². The maximum atomic E-state index is 13.3. The molecule has 0 unspecified atom stereocenters. The highest BCUT2D eigenvalue weighted by Gasteiger charge is 2.34. The van der Waals surface area contributed by atoms with E-state index in [4.69, 9.17) is 11.6 Å². The zero-order chi connectivity index (χ0) is 24.6. The number of ketones is 3. The summed E-state index contributed by atoms with van der Waals surface area (Å²) >= 11 is 5.61. The molecule has 0 aromatic heterocycles. The highest BCUT2D eigenvalue weighted by Crippen LogP contribution is 2.35. The largest absolute Gasteiger partial charge is 0.416 e. The molecule has 3 aromatic rings. The summed E-state index contributed by atoms with van der Waals surface area (Å²) in [5.41, 5.74) is -1.01. The molecule has 0 aliphatic heterocycles. The van der Waals surface area contributed by atoms with E-state index in [-0.39, 0.29) is 51.4 Å². The molecule has 0 radical (unpaired) electrons. The predicted octanol–water partition coefficient (Wildman–Crippen LogP) is 5.08. The minimum absolute atomic E-state index is 0.0186. The lowest BCUT2D eigenvalue weighted by molar-refractivity contribution is -0.137. The van der Waals surface area contributed by atoms with E-state index < -0.39 is 35.0 Å². The molecular weight excluding hydrogens is 471 g/mol. The van der Waals surface area contributed by atoms with Crippen LogP contribution in [0.15, 0.2) is 60.7 Å². The van der Waals surface area contributed by atoms with Crippen molar-refractivity contribution in [3.05, 3.63) is 99.6 Å². The van der Waals surface area contributed by atoms with Crippen LogP contribution >= 0.6 is 11.6 Å². The first-order valence-electron chi connectivity index (χ1n) is 10.0. The number of hydrogen-bond donors (Lipinski definition) is 1. The van der Waals surface area contributed by atoms with Crippen LogP contribution in [0.3, 0.4) is 0 Å². The fraction of sp³-hybridized carbons (Fsp3) is 0.120. The lowest BCUT2D eigenvalue weighted by Crippen LogP contribution is -2.25. The second-order valence-corrected chi connectivity index (χ2v) is 7.88. The molecule has 5 nitrogen and oxygen atoms in total. The van der Waals surface area contributed by atoms with Gasteiger partial charge in [-0.25, -0.2) is 0 Å². The summed E-state index contributed by atoms with van der Waals surface area (Å²) < 4.78 is 39.3. The summed E-state index contributed by atoms with van der Waals surface area (Å²) in [6, 6.07) is 12.7. The quantitative estimate of drug-likeness (QED) is 0.400. The summed E-state index contributed by atoms with van der Waals surface area (Å²) in [6.45, 7) is 0. The molecule has 4 rings (SSSR count). The number of alkyl halides is 4. The number of nitrogens with one attached hydrogen (secondary N) is 1. The second-order valence-electron chi connectivity index (χ2n) is 7.61. The Balaban J connectivity index is 1.84. The van der Waals surface area contributed by atoms with Crippen molar-refractivity contribution in [3.8, 4) is 0 Å². The fourth-order valence-corrected chi connectivity index (χ4v) is 3.90. The normalized spacial score (nSPS) is 12.7. The third kappa shape index (κ3) is 4.24. The summed E-state index contributed by atoms with van der Waals surface area (Å²) in [6.07, 6.45) is -4.91. The van der Waals surface area contributed by atoms with Crippen LogP contribution < -0.4 is 5.32 Å². The molecule has 1 N–H and O–H groups in total. The van der Waals surface area contributed by atoms with Gasteiger partial charge in [-0.1, -0.05) is 36.4 Å². The van der Waals surface area contributed by atoms with Crippen molar-refractivity contribution in [1.82, 2.24) is 0 Å². The molecule has 0 fully saturated rings. The molecule has 0 saturated heterocycles. The number of fused-ring (bicyclic) bond motifs is 2. The van der Waals surface area contributed by atoms with Crippen LogP contribution in [0.5, 0.6) is 0 Å². The van der Waals surface area contributed by atoms with Gasteiger partial charge in [0.25, 0.3) is 5.91 Å². The number of benzene rings is 3. The molecule has 9 heteroatoms. The summed E-state index contributed by atoms with van der Waals surface area (Å²) in [7, 11) is 0. The Morgan fingerprint density at radius 2 is 1.53 bits per heavy atom. The number of carbonyl (C=O) groups excluding carboxylic acids is 4. The van der Waals surface area contributed by atoms with Crippen LogP contribution in [0.2, 0.25) is 0 Å². The van der Waals surface area contributed by atoms with E-state index in [1.165, 1.54) is 30.3 Å². The van der Waals surface area contributed by atoms with Crippen LogP contribution in [0.4, 0.5) is 18.9 Å². The van der Waals surface area contributed by atoms with Crippen LogP contribution in [0, 0.1) is 0 Å². The third-order valence-corrected chi connectivity index (χ3v) is 5.71. The number of anilines is 1. The molecule has 172 valence electrons. The van der Waals surface area contributed by atoms with E-state index in [9.17, 15) is 32.3 Å². The number of Topliss-reactive ketones (excluding diaryl/α,β-unsaturated/α-hetero) is 1. The van der Waals surface area contributed by atoms with Gasteiger partial charge in [0.05, 0.1) is 22.7 Å². The molecular formula is C25H15ClF3NO4. The Bertz CT molecular complexity index is 1360. The molecule has 0 spiro atoms. The van der Waals surface area contributed by atoms with E-state index in [2.05, 4.69) is 5.32 Å². The van der Waals surface area contributed by atoms with Crippen LogP contribution in [-0.4, -0.2) is 29.1 Å². The molecule has 1 aliphatic carbocycles. The van der Waals surface area contributed by atoms with E-state index in [1.54, 1.807) is 12.1 Å². The fourth-order valence-electron chi connectivity index (χ4n) is 3.80. The minimum Gasteiger partial charge on any atom is -0.321 e. The van der Waals surface area contributed by atoms with Gasteiger partial charge in [0.1, 0.15) is 0 Å². The number of carbonyl (C=O) groups is 4. The van der Waals surface area contributed by atoms with E-state index in [0.29, 0.717) is 6.07 Å². The lowest BCUT2D eigenvalue weighted by atomic mass is 9.81. The van der Waals surface area contributed by atoms with Gasteiger partial charge in [-0.15, -0.1) is 11.6 Å². The third-order valence-electron chi connectivity index (χ3n) is 5.41. The molecule has 34 heavy (non-hydrogen) atoms. The first-order chi connectivity index (χ1) is 16.1. The van der Waals surface area contributed by atoms with Crippen molar-refractivity contribution in [1.29, 1.82) is 0 Å². The zero-order valence-electron chi connectivity index (χ0n) is 17.3. The van der Waals surface area contributed by atoms with Crippen molar-refractivity contribution in [2.75, 3.05) is 11.2 Å². The number of hydrogen-bond acceptors (Lipinski definition) is 4. The van der Waals surface area contributed by atoms with Gasteiger partial charge in [-0.2, -0.15) is 13.2 Å². The number of halogens is 4. The molecule has 3 aromatic carbocycles. The smallest absolute Gasteiger partial charge is 0.321 e. The molecule has 0 bridgehead atoms. The molecule has 0 heterocycles. The predicted molar refractivity (Wildman–Crippen MR) is 119 cm³/mol. The molecule has 0 saturated carbocycles. The van der Waals surface area contributed by atoms with Crippen molar-refractivity contribution in [2.24, 2.45) is 0 Å². The monoisotopic (exact) mass is 485 g/mol. The van der Waals surface area contributed by atoms with Crippen LogP contribution in [0.1, 0.15) is 53.3 Å². The summed E-state index contributed by atoms with van der Waals surface area (Å²) in [4.78, 5) is 51.3. The lowest BCUT2D eigenvalue weighted by Gasteiger charge is -2.23. The average molecular weight is 486 g/mol. The number of amides is 1. The summed E-state index contributed by atoms with van der Waals surface area (Å²) in [5, 5.41) is 2.47. The van der Waals surface area contributed by atoms with Crippen LogP contribution in [-0.2, 0) is 17.4 Å². The van der Waals surface area contributed by atoms with E-state index in [0.717, 1.165) is 12.1 Å². The topological polar surface area (TPSA) is 80.3 Å². The Kier molecular flexibility index (Phi) is 6.10. The van der Waals surface area contributed by atoms with Gasteiger partial charge in [0.2, 0.25) is 0 Å². The maximum Gasteiger partial charge on any atom is 0.416 e. The van der Waals surface area contributed by atoms with Gasteiger partial charge in [-0.05, 0) is 29.8 Å². The van der Waals surface area contributed by atoms with Gasteiger partial charge in [-0.3, -0.25) is 19.2 Å². The number of rotatable bonds is 5. The van der Waals surface area contributed by atoms with E-state index >= 15 is 0 Å². The van der Waals surface area contributed by atoms with Crippen LogP contribution in [0.25, 0.3) is 0 Å². The first-order valence-corrected chi connectivity index (χ1v) is 10.6. The summed E-state index contributed by atoms with van der Waals surface area (Å²) in [5.74, 6) is -2.67. The van der Waals surface area contributed by atoms with Gasteiger partial charge in [0, 0.05) is 28.7 Å². The Hall–Kier alpha value is -3.78. The van der Waals surface area contributed by atoms with Gasteiger partial charge >= 0.3 is 6.18 Å². The van der Waals surface area contributed by atoms with Crippen molar-refractivity contribution < 1.29 is 32.3 Å². The van der Waals surface area contributed by atoms with Gasteiger partial charge < -0.3 is 5.32 Å². The standard InChI is InChI=1S/C25H15ClF3NO4/c26-12-16(31)11-13-8-9-19-20(23(33)18-7-2-1-6-17(18)22(19)32)21(13)30-24(34)14-4-3-5-15(10-14)25(27,28)29/h1-10H,11-12H2,(H,30,34).